The standard InChI is InChI=1S/C36H72N2O2.ClH/c1-6-7-8-9-10-11-18-21-24-27-32-38(5,35(4)39)33-28-31-37-36(40)30-26-23-20-17-15-13-12-14-16-19-22-25-29-34(2)3;/h34H,6-33H2,1-5H3;1H. The Morgan fingerprint density at radius 2 is 0.976 bits per heavy atom. The SMILES string of the molecule is CCCCCCCCCCCC[N+](C)(CCCNC(=O)CCCCCCCCCCCCCCC(C)C)C(C)=O.[Cl-]. The number of unbranched alkanes of at least 4 members (excludes halogenated alkanes) is 20. The van der Waals surface area contributed by atoms with Crippen LogP contribution in [0.1, 0.15) is 188 Å². The van der Waals surface area contributed by atoms with Crippen molar-refractivity contribution in [3.8, 4) is 0 Å². The van der Waals surface area contributed by atoms with Crippen LogP contribution in [0.5, 0.6) is 0 Å². The van der Waals surface area contributed by atoms with Gasteiger partial charge in [-0.05, 0) is 25.2 Å². The van der Waals surface area contributed by atoms with Crippen molar-refractivity contribution in [3.05, 3.63) is 0 Å². The molecule has 0 saturated heterocycles. The summed E-state index contributed by atoms with van der Waals surface area (Å²) < 4.78 is 0.505. The Labute approximate surface area is 264 Å². The van der Waals surface area contributed by atoms with Gasteiger partial charge in [0.25, 0.3) is 0 Å². The molecule has 0 aromatic carbocycles. The fourth-order valence-corrected chi connectivity index (χ4v) is 5.73. The van der Waals surface area contributed by atoms with Crippen LogP contribution in [0.3, 0.4) is 0 Å². The van der Waals surface area contributed by atoms with Gasteiger partial charge in [0.1, 0.15) is 0 Å². The summed E-state index contributed by atoms with van der Waals surface area (Å²) in [5.41, 5.74) is 0. The van der Waals surface area contributed by atoms with Crippen LogP contribution in [0, 0.1) is 5.92 Å². The Bertz CT molecular complexity index is 584. The molecule has 1 atom stereocenters. The third-order valence-corrected chi connectivity index (χ3v) is 8.85. The van der Waals surface area contributed by atoms with E-state index < -0.39 is 0 Å². The van der Waals surface area contributed by atoms with Crippen molar-refractivity contribution in [1.29, 1.82) is 0 Å². The zero-order valence-corrected chi connectivity index (χ0v) is 29.3. The lowest BCUT2D eigenvalue weighted by atomic mass is 10.0. The summed E-state index contributed by atoms with van der Waals surface area (Å²) in [6.07, 6.45) is 32.1. The minimum absolute atomic E-state index is 0. The highest BCUT2D eigenvalue weighted by atomic mass is 35.5. The van der Waals surface area contributed by atoms with Crippen LogP contribution in [0.2, 0.25) is 0 Å². The smallest absolute Gasteiger partial charge is 0.310 e. The van der Waals surface area contributed by atoms with E-state index in [2.05, 4.69) is 33.1 Å². The molecule has 0 fully saturated rings. The third kappa shape index (κ3) is 29.2. The van der Waals surface area contributed by atoms with Gasteiger partial charge < -0.3 is 17.7 Å². The van der Waals surface area contributed by atoms with Gasteiger partial charge in [-0.25, -0.2) is 4.79 Å². The number of halogens is 1. The average molecular weight is 601 g/mol. The van der Waals surface area contributed by atoms with E-state index in [0.29, 0.717) is 17.4 Å². The van der Waals surface area contributed by atoms with Crippen molar-refractivity contribution in [2.24, 2.45) is 5.92 Å². The molecule has 0 bridgehead atoms. The van der Waals surface area contributed by atoms with Crippen molar-refractivity contribution in [2.75, 3.05) is 26.7 Å². The maximum absolute atomic E-state index is 12.3. The summed E-state index contributed by atoms with van der Waals surface area (Å²) >= 11 is 0. The summed E-state index contributed by atoms with van der Waals surface area (Å²) in [7, 11) is 2.08. The molecule has 2 amide bonds. The lowest BCUT2D eigenvalue weighted by molar-refractivity contribution is -0.834. The summed E-state index contributed by atoms with van der Waals surface area (Å²) in [4.78, 5) is 24.6. The molecule has 0 rings (SSSR count). The third-order valence-electron chi connectivity index (χ3n) is 8.85. The number of carbonyl (C=O) groups excluding carboxylic acids is 2. The Morgan fingerprint density at radius 3 is 1.41 bits per heavy atom. The highest BCUT2D eigenvalue weighted by Crippen LogP contribution is 2.15. The molecule has 0 aliphatic heterocycles. The van der Waals surface area contributed by atoms with E-state index >= 15 is 0 Å². The van der Waals surface area contributed by atoms with E-state index in [9.17, 15) is 9.59 Å². The van der Waals surface area contributed by atoms with Crippen LogP contribution in [0.25, 0.3) is 0 Å². The van der Waals surface area contributed by atoms with Crippen LogP contribution in [-0.2, 0) is 9.59 Å². The monoisotopic (exact) mass is 601 g/mol. The van der Waals surface area contributed by atoms with Crippen molar-refractivity contribution < 1.29 is 26.5 Å². The number of carbonyl (C=O) groups is 2. The highest BCUT2D eigenvalue weighted by molar-refractivity contribution is 5.75. The summed E-state index contributed by atoms with van der Waals surface area (Å²) in [5.74, 6) is 1.29. The predicted molar refractivity (Wildman–Crippen MR) is 176 cm³/mol. The maximum Gasteiger partial charge on any atom is 0.310 e. The van der Waals surface area contributed by atoms with Crippen LogP contribution in [-0.4, -0.2) is 43.0 Å². The molecule has 0 aliphatic carbocycles. The van der Waals surface area contributed by atoms with E-state index in [0.717, 1.165) is 38.3 Å². The van der Waals surface area contributed by atoms with Crippen molar-refractivity contribution >= 4 is 11.8 Å². The van der Waals surface area contributed by atoms with Gasteiger partial charge in [-0.3, -0.25) is 9.28 Å². The van der Waals surface area contributed by atoms with Gasteiger partial charge >= 0.3 is 5.91 Å². The number of amides is 2. The van der Waals surface area contributed by atoms with Crippen LogP contribution in [0.15, 0.2) is 0 Å². The van der Waals surface area contributed by atoms with Gasteiger partial charge in [0.2, 0.25) is 5.91 Å². The predicted octanol–water partition coefficient (Wildman–Crippen LogP) is 7.53. The van der Waals surface area contributed by atoms with Gasteiger partial charge in [-0.1, -0.05) is 149 Å². The summed E-state index contributed by atoms with van der Waals surface area (Å²) in [6.45, 7) is 11.1. The van der Waals surface area contributed by atoms with E-state index in [-0.39, 0.29) is 24.2 Å². The molecule has 0 saturated carbocycles. The minimum atomic E-state index is 0. The molecule has 0 radical (unpaired) electrons. The zero-order valence-electron chi connectivity index (χ0n) is 28.5. The summed E-state index contributed by atoms with van der Waals surface area (Å²) in [5, 5.41) is 3.09. The first-order chi connectivity index (χ1) is 19.3. The Kier molecular flexibility index (Phi) is 32.0. The minimum Gasteiger partial charge on any atom is -1.00 e. The number of rotatable bonds is 30. The van der Waals surface area contributed by atoms with Gasteiger partial charge in [0.15, 0.2) is 0 Å². The second kappa shape index (κ2) is 30.8. The summed E-state index contributed by atoms with van der Waals surface area (Å²) in [6, 6.07) is 0. The van der Waals surface area contributed by atoms with Gasteiger partial charge in [0.05, 0.1) is 27.1 Å². The van der Waals surface area contributed by atoms with Crippen LogP contribution < -0.4 is 17.7 Å². The van der Waals surface area contributed by atoms with Crippen LogP contribution in [0.4, 0.5) is 0 Å². The van der Waals surface area contributed by atoms with Crippen molar-refractivity contribution in [2.45, 2.75) is 188 Å². The molecule has 0 aromatic heterocycles. The molecular formula is C36H73ClN2O2. The molecular weight excluding hydrogens is 528 g/mol. The zero-order chi connectivity index (χ0) is 29.7. The number of nitrogens with zero attached hydrogens (tertiary/aromatic N) is 1. The van der Waals surface area contributed by atoms with Crippen molar-refractivity contribution in [1.82, 2.24) is 5.32 Å². The van der Waals surface area contributed by atoms with E-state index in [1.807, 2.05) is 0 Å². The topological polar surface area (TPSA) is 46.2 Å². The average Bonchev–Trinajstić information content (AvgIpc) is 2.92. The van der Waals surface area contributed by atoms with E-state index in [1.165, 1.54) is 135 Å². The molecule has 4 nitrogen and oxygen atoms in total. The molecule has 0 aliphatic rings. The Morgan fingerprint density at radius 1 is 0.585 bits per heavy atom. The Hall–Kier alpha value is -0.610. The number of hydrogen-bond donors (Lipinski definition) is 1. The quantitative estimate of drug-likeness (QED) is 0.0684. The molecule has 0 aromatic rings. The molecule has 246 valence electrons. The molecule has 1 N–H and O–H groups in total. The first kappa shape index (κ1) is 42.5. The molecule has 5 heteroatoms. The van der Waals surface area contributed by atoms with Crippen LogP contribution >= 0.6 is 0 Å². The number of nitrogens with one attached hydrogen (secondary N) is 1. The van der Waals surface area contributed by atoms with Gasteiger partial charge in [-0.15, -0.1) is 0 Å². The van der Waals surface area contributed by atoms with E-state index in [1.54, 1.807) is 6.92 Å². The molecule has 1 unspecified atom stereocenters. The lowest BCUT2D eigenvalue weighted by Crippen LogP contribution is -3.00. The fourth-order valence-electron chi connectivity index (χ4n) is 5.73. The number of hydrogen-bond acceptors (Lipinski definition) is 2. The molecule has 0 spiro atoms. The van der Waals surface area contributed by atoms with Gasteiger partial charge in [-0.2, -0.15) is 0 Å². The lowest BCUT2D eigenvalue weighted by Gasteiger charge is -2.30. The second-order valence-corrected chi connectivity index (χ2v) is 13.4. The van der Waals surface area contributed by atoms with Gasteiger partial charge in [0, 0.05) is 19.4 Å². The molecule has 0 heterocycles. The normalized spacial score (nSPS) is 12.7. The molecule has 41 heavy (non-hydrogen) atoms. The largest absolute Gasteiger partial charge is 1.00 e. The highest BCUT2D eigenvalue weighted by Gasteiger charge is 2.26. The first-order valence-corrected chi connectivity index (χ1v) is 17.9. The van der Waals surface area contributed by atoms with Crippen molar-refractivity contribution in [3.63, 3.8) is 0 Å². The first-order valence-electron chi connectivity index (χ1n) is 17.9. The second-order valence-electron chi connectivity index (χ2n) is 13.4. The van der Waals surface area contributed by atoms with E-state index in [4.69, 9.17) is 0 Å². The Balaban J connectivity index is 0. The number of quaternary nitrogens is 1. The fraction of sp³-hybridized carbons (Fsp3) is 0.944. The maximum atomic E-state index is 12.3.